The molecule has 8 heteroatoms. The van der Waals surface area contributed by atoms with Gasteiger partial charge in [0.15, 0.2) is 5.82 Å². The molecule has 3 rings (SSSR count). The van der Waals surface area contributed by atoms with Gasteiger partial charge >= 0.3 is 0 Å². The molecule has 162 valence electrons. The second kappa shape index (κ2) is 9.98. The molecule has 0 aliphatic carbocycles. The standard InChI is InChI=1S/C22H30ClN5O2/c1-5-11-27(4)22-24-13-20(23)21(26-22)28-12-10-19(14-28)30-18-8-6-17(7-9-18)15(2)25-16(3)29/h6-9,13,15,19H,5,10-12,14H2,1-4H3,(H,25,29)/t15-,19+/m0/s1. The molecule has 1 aliphatic rings. The Hall–Kier alpha value is -2.54. The third-order valence-electron chi connectivity index (χ3n) is 5.16. The van der Waals surface area contributed by atoms with Gasteiger partial charge < -0.3 is 19.9 Å². The first-order valence-electron chi connectivity index (χ1n) is 10.4. The Balaban J connectivity index is 1.62. The number of amides is 1. The van der Waals surface area contributed by atoms with Crippen molar-refractivity contribution in [2.75, 3.05) is 36.5 Å². The maximum atomic E-state index is 11.2. The molecule has 2 atom stereocenters. The van der Waals surface area contributed by atoms with Crippen LogP contribution in [0.15, 0.2) is 30.5 Å². The zero-order valence-corrected chi connectivity index (χ0v) is 18.8. The van der Waals surface area contributed by atoms with Gasteiger partial charge in [-0.05, 0) is 31.0 Å². The molecule has 1 saturated heterocycles. The Morgan fingerprint density at radius 3 is 2.80 bits per heavy atom. The van der Waals surface area contributed by atoms with Crippen LogP contribution >= 0.6 is 11.6 Å². The van der Waals surface area contributed by atoms with Crippen molar-refractivity contribution in [2.24, 2.45) is 0 Å². The maximum Gasteiger partial charge on any atom is 0.227 e. The molecule has 1 aromatic heterocycles. The number of rotatable bonds is 8. The fraction of sp³-hybridized carbons (Fsp3) is 0.500. The van der Waals surface area contributed by atoms with Crippen LogP contribution in [0, 0.1) is 0 Å². The van der Waals surface area contributed by atoms with Crippen LogP contribution in [0.4, 0.5) is 11.8 Å². The van der Waals surface area contributed by atoms with Gasteiger partial charge in [0.2, 0.25) is 11.9 Å². The zero-order chi connectivity index (χ0) is 21.7. The number of nitrogens with one attached hydrogen (secondary N) is 1. The average Bonchev–Trinajstić information content (AvgIpc) is 3.16. The summed E-state index contributed by atoms with van der Waals surface area (Å²) in [5, 5.41) is 3.44. The SMILES string of the molecule is CCCN(C)c1ncc(Cl)c(N2CC[C@@H](Oc3ccc([C@H](C)NC(C)=O)cc3)C2)n1. The summed E-state index contributed by atoms with van der Waals surface area (Å²) in [7, 11) is 1.99. The van der Waals surface area contributed by atoms with Gasteiger partial charge in [-0.3, -0.25) is 4.79 Å². The first-order chi connectivity index (χ1) is 14.4. The fourth-order valence-electron chi connectivity index (χ4n) is 3.62. The molecule has 1 aromatic carbocycles. The van der Waals surface area contributed by atoms with E-state index < -0.39 is 0 Å². The quantitative estimate of drug-likeness (QED) is 0.684. The Kier molecular flexibility index (Phi) is 7.37. The first kappa shape index (κ1) is 22.2. The van der Waals surface area contributed by atoms with Gasteiger partial charge in [0.25, 0.3) is 0 Å². The summed E-state index contributed by atoms with van der Waals surface area (Å²) in [5.74, 6) is 2.22. The van der Waals surface area contributed by atoms with Gasteiger partial charge in [-0.15, -0.1) is 0 Å². The number of benzene rings is 1. The van der Waals surface area contributed by atoms with Crippen LogP contribution in [-0.4, -0.2) is 48.7 Å². The van der Waals surface area contributed by atoms with Crippen LogP contribution in [0.3, 0.4) is 0 Å². The molecule has 7 nitrogen and oxygen atoms in total. The summed E-state index contributed by atoms with van der Waals surface area (Å²) >= 11 is 6.39. The van der Waals surface area contributed by atoms with Crippen LogP contribution < -0.4 is 19.9 Å². The van der Waals surface area contributed by atoms with Crippen LogP contribution in [0.25, 0.3) is 0 Å². The van der Waals surface area contributed by atoms with Crippen molar-refractivity contribution in [3.05, 3.63) is 41.0 Å². The van der Waals surface area contributed by atoms with Gasteiger partial charge in [-0.25, -0.2) is 4.98 Å². The van der Waals surface area contributed by atoms with Crippen LogP contribution in [0.5, 0.6) is 5.75 Å². The van der Waals surface area contributed by atoms with Crippen molar-refractivity contribution in [1.29, 1.82) is 0 Å². The van der Waals surface area contributed by atoms with E-state index in [4.69, 9.17) is 16.3 Å². The smallest absolute Gasteiger partial charge is 0.227 e. The van der Waals surface area contributed by atoms with Crippen molar-refractivity contribution in [3.63, 3.8) is 0 Å². The van der Waals surface area contributed by atoms with Crippen LogP contribution in [0.1, 0.15) is 45.2 Å². The van der Waals surface area contributed by atoms with Gasteiger partial charge in [0.1, 0.15) is 16.9 Å². The normalized spacial score (nSPS) is 17.0. The predicted molar refractivity (Wildman–Crippen MR) is 121 cm³/mol. The highest BCUT2D eigenvalue weighted by Gasteiger charge is 2.27. The molecule has 0 bridgehead atoms. The minimum atomic E-state index is -0.0405. The van der Waals surface area contributed by atoms with Gasteiger partial charge in [-0.2, -0.15) is 4.98 Å². The molecule has 1 fully saturated rings. The van der Waals surface area contributed by atoms with Crippen molar-refractivity contribution in [1.82, 2.24) is 15.3 Å². The van der Waals surface area contributed by atoms with Crippen molar-refractivity contribution >= 4 is 29.3 Å². The number of anilines is 2. The Morgan fingerprint density at radius 2 is 2.13 bits per heavy atom. The molecule has 1 amide bonds. The van der Waals surface area contributed by atoms with E-state index >= 15 is 0 Å². The van der Waals surface area contributed by atoms with Crippen molar-refractivity contribution in [2.45, 2.75) is 45.8 Å². The number of hydrogen-bond donors (Lipinski definition) is 1. The average molecular weight is 432 g/mol. The largest absolute Gasteiger partial charge is 0.489 e. The van der Waals surface area contributed by atoms with Gasteiger partial charge in [0, 0.05) is 33.5 Å². The summed E-state index contributed by atoms with van der Waals surface area (Å²) in [6.07, 6.45) is 3.66. The zero-order valence-electron chi connectivity index (χ0n) is 18.1. The van der Waals surface area contributed by atoms with E-state index in [1.807, 2.05) is 43.1 Å². The number of halogens is 1. The molecule has 1 aliphatic heterocycles. The first-order valence-corrected chi connectivity index (χ1v) is 10.8. The lowest BCUT2D eigenvalue weighted by Crippen LogP contribution is -2.27. The minimum absolute atomic E-state index is 0.0292. The number of carbonyl (C=O) groups is 1. The Morgan fingerprint density at radius 1 is 1.40 bits per heavy atom. The Bertz CT molecular complexity index is 861. The van der Waals surface area contributed by atoms with E-state index in [-0.39, 0.29) is 18.1 Å². The monoisotopic (exact) mass is 431 g/mol. The second-order valence-electron chi connectivity index (χ2n) is 7.73. The van der Waals surface area contributed by atoms with Crippen molar-refractivity contribution < 1.29 is 9.53 Å². The summed E-state index contributed by atoms with van der Waals surface area (Å²) < 4.78 is 6.17. The van der Waals surface area contributed by atoms with E-state index in [1.165, 1.54) is 6.92 Å². The van der Waals surface area contributed by atoms with Gasteiger partial charge in [0.05, 0.1) is 18.8 Å². The number of ether oxygens (including phenoxy) is 1. The summed E-state index contributed by atoms with van der Waals surface area (Å²) in [4.78, 5) is 24.5. The lowest BCUT2D eigenvalue weighted by Gasteiger charge is -2.22. The maximum absolute atomic E-state index is 11.2. The highest BCUT2D eigenvalue weighted by Crippen LogP contribution is 2.29. The van der Waals surface area contributed by atoms with E-state index in [1.54, 1.807) is 6.20 Å². The third kappa shape index (κ3) is 5.53. The minimum Gasteiger partial charge on any atom is -0.489 e. The second-order valence-corrected chi connectivity index (χ2v) is 8.14. The third-order valence-corrected chi connectivity index (χ3v) is 5.43. The molecule has 2 aromatic rings. The number of hydrogen-bond acceptors (Lipinski definition) is 6. The van der Waals surface area contributed by atoms with Crippen LogP contribution in [-0.2, 0) is 4.79 Å². The summed E-state index contributed by atoms with van der Waals surface area (Å²) in [6.45, 7) is 8.05. The van der Waals surface area contributed by atoms with Crippen LogP contribution in [0.2, 0.25) is 5.02 Å². The molecular weight excluding hydrogens is 402 g/mol. The molecule has 0 radical (unpaired) electrons. The predicted octanol–water partition coefficient (Wildman–Crippen LogP) is 3.83. The summed E-state index contributed by atoms with van der Waals surface area (Å²) in [5.41, 5.74) is 1.04. The highest BCUT2D eigenvalue weighted by molar-refractivity contribution is 6.32. The molecular formula is C22H30ClN5O2. The van der Waals surface area contributed by atoms with E-state index in [2.05, 4.69) is 27.1 Å². The Labute approximate surface area is 183 Å². The van der Waals surface area contributed by atoms with E-state index in [0.29, 0.717) is 11.0 Å². The van der Waals surface area contributed by atoms with E-state index in [0.717, 1.165) is 49.6 Å². The molecule has 1 N–H and O–H groups in total. The number of carbonyl (C=O) groups excluding carboxylic acids is 1. The summed E-state index contributed by atoms with van der Waals surface area (Å²) in [6, 6.07) is 7.84. The topological polar surface area (TPSA) is 70.6 Å². The lowest BCUT2D eigenvalue weighted by molar-refractivity contribution is -0.119. The van der Waals surface area contributed by atoms with Crippen molar-refractivity contribution in [3.8, 4) is 5.75 Å². The van der Waals surface area contributed by atoms with E-state index in [9.17, 15) is 4.79 Å². The molecule has 0 spiro atoms. The lowest BCUT2D eigenvalue weighted by atomic mass is 10.1. The fourth-order valence-corrected chi connectivity index (χ4v) is 3.83. The molecule has 0 unspecified atom stereocenters. The number of nitrogens with zero attached hydrogens (tertiary/aromatic N) is 4. The highest BCUT2D eigenvalue weighted by atomic mass is 35.5. The molecule has 2 heterocycles. The number of aromatic nitrogens is 2. The molecule has 0 saturated carbocycles. The van der Waals surface area contributed by atoms with Gasteiger partial charge in [-0.1, -0.05) is 30.7 Å². The molecule has 30 heavy (non-hydrogen) atoms.